The smallest absolute Gasteiger partial charge is 0.103 e. The highest BCUT2D eigenvalue weighted by atomic mass is 15.0. The Morgan fingerprint density at radius 1 is 1.50 bits per heavy atom. The van der Waals surface area contributed by atoms with E-state index in [9.17, 15) is 0 Å². The number of rotatable bonds is 3. The Balaban J connectivity index is 2.42. The Hall–Kier alpha value is -0.550. The number of nitrogens with one attached hydrogen (secondary N) is 1. The van der Waals surface area contributed by atoms with E-state index in [0.29, 0.717) is 6.04 Å². The number of nitrogens with zero attached hydrogens (tertiary/aromatic N) is 1. The summed E-state index contributed by atoms with van der Waals surface area (Å²) >= 11 is 0. The number of hydrogen-bond donors (Lipinski definition) is 1. The van der Waals surface area contributed by atoms with Crippen LogP contribution < -0.4 is 5.32 Å². The van der Waals surface area contributed by atoms with Crippen LogP contribution in [0.5, 0.6) is 0 Å². The molecule has 68 valence electrons. The van der Waals surface area contributed by atoms with Gasteiger partial charge in [0.05, 0.1) is 6.07 Å². The molecule has 0 radical (unpaired) electrons. The minimum absolute atomic E-state index is 0.297. The van der Waals surface area contributed by atoms with Gasteiger partial charge in [0.25, 0.3) is 0 Å². The van der Waals surface area contributed by atoms with Crippen LogP contribution in [0.2, 0.25) is 0 Å². The third-order valence-electron chi connectivity index (χ3n) is 2.83. The van der Waals surface area contributed by atoms with Crippen molar-refractivity contribution in [1.29, 1.82) is 5.26 Å². The molecule has 0 aliphatic heterocycles. The summed E-state index contributed by atoms with van der Waals surface area (Å²) in [6, 6.07) is 2.94. The fourth-order valence-corrected chi connectivity index (χ4v) is 1.73. The van der Waals surface area contributed by atoms with Gasteiger partial charge >= 0.3 is 0 Å². The molecule has 0 spiro atoms. The molecule has 0 aromatic heterocycles. The normalized spacial score (nSPS) is 23.4. The van der Waals surface area contributed by atoms with Crippen molar-refractivity contribution in [3.8, 4) is 6.07 Å². The molecule has 1 unspecified atom stereocenters. The van der Waals surface area contributed by atoms with Gasteiger partial charge in [-0.1, -0.05) is 19.8 Å². The monoisotopic (exact) mass is 166 g/mol. The SMILES string of the molecule is CCC(C)(C#N)NC1CCCC1. The van der Waals surface area contributed by atoms with Crippen LogP contribution >= 0.6 is 0 Å². The lowest BCUT2D eigenvalue weighted by atomic mass is 9.99. The largest absolute Gasteiger partial charge is 0.297 e. The zero-order valence-corrected chi connectivity index (χ0v) is 8.06. The van der Waals surface area contributed by atoms with Gasteiger partial charge in [0.15, 0.2) is 0 Å². The molecule has 0 saturated heterocycles. The molecule has 1 fully saturated rings. The van der Waals surface area contributed by atoms with Gasteiger partial charge in [-0.05, 0) is 26.2 Å². The van der Waals surface area contributed by atoms with E-state index < -0.39 is 0 Å². The Morgan fingerprint density at radius 2 is 2.08 bits per heavy atom. The van der Waals surface area contributed by atoms with E-state index in [2.05, 4.69) is 18.3 Å². The molecular formula is C10H18N2. The first kappa shape index (κ1) is 9.54. The summed E-state index contributed by atoms with van der Waals surface area (Å²) in [6.07, 6.45) is 6.03. The summed E-state index contributed by atoms with van der Waals surface area (Å²) in [6.45, 7) is 4.05. The maximum Gasteiger partial charge on any atom is 0.103 e. The van der Waals surface area contributed by atoms with E-state index in [1.54, 1.807) is 0 Å². The van der Waals surface area contributed by atoms with Crippen molar-refractivity contribution in [3.05, 3.63) is 0 Å². The maximum atomic E-state index is 8.93. The summed E-state index contributed by atoms with van der Waals surface area (Å²) < 4.78 is 0. The van der Waals surface area contributed by atoms with Gasteiger partial charge in [-0.2, -0.15) is 5.26 Å². The molecule has 0 bridgehead atoms. The topological polar surface area (TPSA) is 35.8 Å². The van der Waals surface area contributed by atoms with Crippen LogP contribution in [0.4, 0.5) is 0 Å². The van der Waals surface area contributed by atoms with E-state index in [1.165, 1.54) is 25.7 Å². The van der Waals surface area contributed by atoms with Crippen molar-refractivity contribution < 1.29 is 0 Å². The van der Waals surface area contributed by atoms with E-state index in [4.69, 9.17) is 5.26 Å². The van der Waals surface area contributed by atoms with Crippen molar-refractivity contribution in [3.63, 3.8) is 0 Å². The second-order valence-corrected chi connectivity index (χ2v) is 3.92. The molecule has 12 heavy (non-hydrogen) atoms. The first-order chi connectivity index (χ1) is 5.70. The summed E-state index contributed by atoms with van der Waals surface area (Å²) in [5.41, 5.74) is -0.297. The van der Waals surface area contributed by atoms with Crippen molar-refractivity contribution in [2.45, 2.75) is 57.5 Å². The summed E-state index contributed by atoms with van der Waals surface area (Å²) in [7, 11) is 0. The van der Waals surface area contributed by atoms with Crippen LogP contribution in [0, 0.1) is 11.3 Å². The van der Waals surface area contributed by atoms with E-state index >= 15 is 0 Å². The van der Waals surface area contributed by atoms with Gasteiger partial charge < -0.3 is 0 Å². The van der Waals surface area contributed by atoms with Gasteiger partial charge in [0, 0.05) is 6.04 Å². The van der Waals surface area contributed by atoms with Gasteiger partial charge in [0.1, 0.15) is 5.54 Å². The Morgan fingerprint density at radius 3 is 2.50 bits per heavy atom. The van der Waals surface area contributed by atoms with Crippen molar-refractivity contribution in [1.82, 2.24) is 5.32 Å². The van der Waals surface area contributed by atoms with Crippen molar-refractivity contribution in [2.75, 3.05) is 0 Å². The lowest BCUT2D eigenvalue weighted by Gasteiger charge is -2.25. The third kappa shape index (κ3) is 2.22. The number of nitriles is 1. The third-order valence-corrected chi connectivity index (χ3v) is 2.83. The molecule has 0 amide bonds. The van der Waals surface area contributed by atoms with Gasteiger partial charge in [-0.3, -0.25) is 5.32 Å². The Labute approximate surface area is 75.0 Å². The molecule has 2 nitrogen and oxygen atoms in total. The van der Waals surface area contributed by atoms with Crippen LogP contribution in [0.3, 0.4) is 0 Å². The predicted octanol–water partition coefficient (Wildman–Crippen LogP) is 2.21. The second-order valence-electron chi connectivity index (χ2n) is 3.92. The highest BCUT2D eigenvalue weighted by Crippen LogP contribution is 2.21. The van der Waals surface area contributed by atoms with Gasteiger partial charge in [-0.25, -0.2) is 0 Å². The molecule has 1 aliphatic rings. The molecule has 0 aromatic rings. The molecule has 2 heteroatoms. The fourth-order valence-electron chi connectivity index (χ4n) is 1.73. The van der Waals surface area contributed by atoms with Crippen LogP contribution in [0.15, 0.2) is 0 Å². The van der Waals surface area contributed by atoms with E-state index in [-0.39, 0.29) is 5.54 Å². The zero-order valence-electron chi connectivity index (χ0n) is 8.06. The standard InChI is InChI=1S/C10H18N2/c1-3-10(2,8-11)12-9-6-4-5-7-9/h9,12H,3-7H2,1-2H3. The maximum absolute atomic E-state index is 8.93. The summed E-state index contributed by atoms with van der Waals surface area (Å²) in [5.74, 6) is 0. The first-order valence-electron chi connectivity index (χ1n) is 4.89. The lowest BCUT2D eigenvalue weighted by molar-refractivity contribution is 0.370. The average molecular weight is 166 g/mol. The molecule has 1 N–H and O–H groups in total. The van der Waals surface area contributed by atoms with Gasteiger partial charge in [-0.15, -0.1) is 0 Å². The molecule has 1 atom stereocenters. The molecule has 1 saturated carbocycles. The van der Waals surface area contributed by atoms with E-state index in [0.717, 1.165) is 6.42 Å². The highest BCUT2D eigenvalue weighted by molar-refractivity contribution is 5.04. The minimum atomic E-state index is -0.297. The molecular weight excluding hydrogens is 148 g/mol. The molecule has 0 heterocycles. The fraction of sp³-hybridized carbons (Fsp3) is 0.900. The first-order valence-corrected chi connectivity index (χ1v) is 4.89. The molecule has 1 aliphatic carbocycles. The Kier molecular flexibility index (Phi) is 3.11. The minimum Gasteiger partial charge on any atom is -0.297 e. The van der Waals surface area contributed by atoms with Crippen LogP contribution in [-0.4, -0.2) is 11.6 Å². The second kappa shape index (κ2) is 3.91. The summed E-state index contributed by atoms with van der Waals surface area (Å²) in [4.78, 5) is 0. The lowest BCUT2D eigenvalue weighted by Crippen LogP contribution is -2.45. The summed E-state index contributed by atoms with van der Waals surface area (Å²) in [5, 5.41) is 12.4. The average Bonchev–Trinajstić information content (AvgIpc) is 2.57. The highest BCUT2D eigenvalue weighted by Gasteiger charge is 2.26. The predicted molar refractivity (Wildman–Crippen MR) is 49.7 cm³/mol. The van der Waals surface area contributed by atoms with Crippen LogP contribution in [0.1, 0.15) is 46.0 Å². The number of hydrogen-bond acceptors (Lipinski definition) is 2. The van der Waals surface area contributed by atoms with Crippen LogP contribution in [0.25, 0.3) is 0 Å². The van der Waals surface area contributed by atoms with Crippen LogP contribution in [-0.2, 0) is 0 Å². The zero-order chi connectivity index (χ0) is 9.03. The van der Waals surface area contributed by atoms with Crippen molar-refractivity contribution in [2.24, 2.45) is 0 Å². The van der Waals surface area contributed by atoms with Crippen molar-refractivity contribution >= 4 is 0 Å². The van der Waals surface area contributed by atoms with Gasteiger partial charge in [0.2, 0.25) is 0 Å². The Bertz CT molecular complexity index is 177. The molecule has 1 rings (SSSR count). The molecule has 0 aromatic carbocycles. The quantitative estimate of drug-likeness (QED) is 0.697. The van der Waals surface area contributed by atoms with E-state index in [1.807, 2.05) is 6.92 Å².